The van der Waals surface area contributed by atoms with Gasteiger partial charge in [0.25, 0.3) is 0 Å². The third-order valence-corrected chi connectivity index (χ3v) is 5.95. The lowest BCUT2D eigenvalue weighted by molar-refractivity contribution is -0.0874. The van der Waals surface area contributed by atoms with Crippen LogP contribution in [0.3, 0.4) is 0 Å². The van der Waals surface area contributed by atoms with Crippen LogP contribution in [0, 0.1) is 0 Å². The lowest BCUT2D eigenvalue weighted by Crippen LogP contribution is -2.55. The molecule has 0 spiro atoms. The highest BCUT2D eigenvalue weighted by molar-refractivity contribution is 5.88. The van der Waals surface area contributed by atoms with Crippen LogP contribution in [0.4, 0.5) is 0 Å². The van der Waals surface area contributed by atoms with Crippen LogP contribution in [0.1, 0.15) is 37.7 Å². The first-order valence-corrected chi connectivity index (χ1v) is 8.63. The van der Waals surface area contributed by atoms with Crippen molar-refractivity contribution in [2.24, 2.45) is 0 Å². The van der Waals surface area contributed by atoms with E-state index in [2.05, 4.69) is 30.1 Å². The Bertz CT molecular complexity index is 713. The smallest absolute Gasteiger partial charge is 0.125 e. The standard InChI is InChI=1S/C20H25NO2/c1-21-15-7-5-8-16(21)13-20(22,12-15)19-17-9-4-3-6-14(17)10-11-18(19)23-2/h3-4,6,9-11,15-16,22H,5,7-8,12-13H2,1-2H3. The molecule has 4 rings (SSSR count). The maximum Gasteiger partial charge on any atom is 0.125 e. The minimum atomic E-state index is -0.797. The summed E-state index contributed by atoms with van der Waals surface area (Å²) in [5.74, 6) is 0.814. The zero-order valence-corrected chi connectivity index (χ0v) is 14.0. The van der Waals surface area contributed by atoms with Crippen LogP contribution in [0.15, 0.2) is 36.4 Å². The van der Waals surface area contributed by atoms with Crippen molar-refractivity contribution in [1.29, 1.82) is 0 Å². The molecule has 2 aliphatic heterocycles. The largest absolute Gasteiger partial charge is 0.496 e. The van der Waals surface area contributed by atoms with E-state index >= 15 is 0 Å². The number of hydrogen-bond donors (Lipinski definition) is 1. The predicted octanol–water partition coefficient (Wildman–Crippen LogP) is 3.68. The topological polar surface area (TPSA) is 32.7 Å². The van der Waals surface area contributed by atoms with Crippen LogP contribution < -0.4 is 4.74 Å². The number of benzene rings is 2. The van der Waals surface area contributed by atoms with Crippen molar-refractivity contribution in [3.63, 3.8) is 0 Å². The number of nitrogens with zero attached hydrogens (tertiary/aromatic N) is 1. The highest BCUT2D eigenvalue weighted by atomic mass is 16.5. The van der Waals surface area contributed by atoms with Crippen LogP contribution in [-0.2, 0) is 5.60 Å². The van der Waals surface area contributed by atoms with Crippen molar-refractivity contribution in [2.75, 3.05) is 14.2 Å². The average Bonchev–Trinajstić information content (AvgIpc) is 2.55. The third-order valence-electron chi connectivity index (χ3n) is 5.95. The highest BCUT2D eigenvalue weighted by Gasteiger charge is 2.46. The molecule has 2 atom stereocenters. The Hall–Kier alpha value is -1.58. The molecule has 2 heterocycles. The zero-order valence-electron chi connectivity index (χ0n) is 14.0. The summed E-state index contributed by atoms with van der Waals surface area (Å²) in [6, 6.07) is 13.3. The van der Waals surface area contributed by atoms with Gasteiger partial charge < -0.3 is 14.7 Å². The SMILES string of the molecule is COc1ccc2ccccc2c1C1(O)CC2CCCC(C1)N2C. The first kappa shape index (κ1) is 15.0. The molecular formula is C20H25NO2. The van der Waals surface area contributed by atoms with E-state index in [1.165, 1.54) is 24.6 Å². The van der Waals surface area contributed by atoms with Crippen LogP contribution in [0.25, 0.3) is 10.8 Å². The van der Waals surface area contributed by atoms with E-state index in [1.807, 2.05) is 18.2 Å². The fraction of sp³-hybridized carbons (Fsp3) is 0.500. The molecule has 2 unspecified atom stereocenters. The second kappa shape index (κ2) is 5.50. The molecule has 2 fully saturated rings. The minimum absolute atomic E-state index is 0.469. The first-order valence-electron chi connectivity index (χ1n) is 8.63. The van der Waals surface area contributed by atoms with Crippen LogP contribution in [0.2, 0.25) is 0 Å². The van der Waals surface area contributed by atoms with Gasteiger partial charge in [-0.2, -0.15) is 0 Å². The monoisotopic (exact) mass is 311 g/mol. The molecule has 2 bridgehead atoms. The summed E-state index contributed by atoms with van der Waals surface area (Å²) in [7, 11) is 3.92. The first-order chi connectivity index (χ1) is 11.1. The maximum atomic E-state index is 11.7. The van der Waals surface area contributed by atoms with E-state index in [9.17, 15) is 5.11 Å². The molecule has 0 aliphatic carbocycles. The molecule has 0 aromatic heterocycles. The highest BCUT2D eigenvalue weighted by Crippen LogP contribution is 2.48. The Labute approximate surface area is 137 Å². The van der Waals surface area contributed by atoms with Gasteiger partial charge in [-0.25, -0.2) is 0 Å². The van der Waals surface area contributed by atoms with Gasteiger partial charge in [-0.05, 0) is 49.6 Å². The van der Waals surface area contributed by atoms with Gasteiger partial charge in [-0.15, -0.1) is 0 Å². The molecule has 2 saturated heterocycles. The molecule has 2 aliphatic rings. The third kappa shape index (κ3) is 2.34. The molecule has 3 heteroatoms. The van der Waals surface area contributed by atoms with E-state index in [-0.39, 0.29) is 0 Å². The molecule has 3 nitrogen and oxygen atoms in total. The van der Waals surface area contributed by atoms with Gasteiger partial charge in [0.1, 0.15) is 5.75 Å². The summed E-state index contributed by atoms with van der Waals surface area (Å²) in [5, 5.41) is 14.0. The number of piperidine rings is 2. The Morgan fingerprint density at radius 2 is 1.78 bits per heavy atom. The van der Waals surface area contributed by atoms with Crippen molar-refractivity contribution in [2.45, 2.75) is 49.8 Å². The van der Waals surface area contributed by atoms with Gasteiger partial charge in [-0.1, -0.05) is 36.8 Å². The Morgan fingerprint density at radius 3 is 2.48 bits per heavy atom. The van der Waals surface area contributed by atoms with Crippen LogP contribution >= 0.6 is 0 Å². The van der Waals surface area contributed by atoms with E-state index in [0.717, 1.165) is 29.5 Å². The number of aliphatic hydroxyl groups is 1. The Balaban J connectivity index is 1.87. The maximum absolute atomic E-state index is 11.7. The van der Waals surface area contributed by atoms with Crippen molar-refractivity contribution in [3.05, 3.63) is 42.0 Å². The van der Waals surface area contributed by atoms with Crippen molar-refractivity contribution in [3.8, 4) is 5.75 Å². The summed E-state index contributed by atoms with van der Waals surface area (Å²) in [5.41, 5.74) is 0.192. The fourth-order valence-corrected chi connectivity index (χ4v) is 4.76. The number of methoxy groups -OCH3 is 1. The lowest BCUT2D eigenvalue weighted by atomic mass is 9.71. The van der Waals surface area contributed by atoms with Gasteiger partial charge in [0.2, 0.25) is 0 Å². The van der Waals surface area contributed by atoms with Gasteiger partial charge in [-0.3, -0.25) is 0 Å². The predicted molar refractivity (Wildman–Crippen MR) is 92.8 cm³/mol. The molecule has 1 N–H and O–H groups in total. The average molecular weight is 311 g/mol. The quantitative estimate of drug-likeness (QED) is 0.918. The van der Waals surface area contributed by atoms with Crippen molar-refractivity contribution < 1.29 is 9.84 Å². The van der Waals surface area contributed by atoms with E-state index in [1.54, 1.807) is 7.11 Å². The molecule has 122 valence electrons. The second-order valence-electron chi connectivity index (χ2n) is 7.21. The van der Waals surface area contributed by atoms with E-state index in [4.69, 9.17) is 4.74 Å². The Kier molecular flexibility index (Phi) is 3.58. The summed E-state index contributed by atoms with van der Waals surface area (Å²) in [6.45, 7) is 0. The number of ether oxygens (including phenoxy) is 1. The lowest BCUT2D eigenvalue weighted by Gasteiger charge is -2.51. The van der Waals surface area contributed by atoms with Crippen LogP contribution in [0.5, 0.6) is 5.75 Å². The second-order valence-corrected chi connectivity index (χ2v) is 7.21. The molecule has 2 aromatic rings. The van der Waals surface area contributed by atoms with Crippen LogP contribution in [-0.4, -0.2) is 36.2 Å². The number of rotatable bonds is 2. The summed E-state index contributed by atoms with van der Waals surface area (Å²) < 4.78 is 5.65. The normalized spacial score (nSPS) is 31.3. The summed E-state index contributed by atoms with van der Waals surface area (Å²) in [4.78, 5) is 2.48. The van der Waals surface area contributed by atoms with Gasteiger partial charge in [0.15, 0.2) is 0 Å². The minimum Gasteiger partial charge on any atom is -0.496 e. The van der Waals surface area contributed by atoms with Crippen molar-refractivity contribution >= 4 is 10.8 Å². The van der Waals surface area contributed by atoms with E-state index < -0.39 is 5.60 Å². The summed E-state index contributed by atoms with van der Waals surface area (Å²) >= 11 is 0. The molecule has 0 amide bonds. The molecule has 23 heavy (non-hydrogen) atoms. The Morgan fingerprint density at radius 1 is 1.09 bits per heavy atom. The van der Waals surface area contributed by atoms with Gasteiger partial charge >= 0.3 is 0 Å². The van der Waals surface area contributed by atoms with Gasteiger partial charge in [0.05, 0.1) is 12.7 Å². The molecule has 2 aromatic carbocycles. The molecular weight excluding hydrogens is 286 g/mol. The molecule has 0 saturated carbocycles. The van der Waals surface area contributed by atoms with Crippen molar-refractivity contribution in [1.82, 2.24) is 4.90 Å². The number of fused-ring (bicyclic) bond motifs is 3. The number of hydrogen-bond acceptors (Lipinski definition) is 3. The zero-order chi connectivity index (χ0) is 16.0. The molecule has 0 radical (unpaired) electrons. The summed E-state index contributed by atoms with van der Waals surface area (Å²) in [6.07, 6.45) is 5.24. The fourth-order valence-electron chi connectivity index (χ4n) is 4.76. The van der Waals surface area contributed by atoms with E-state index in [0.29, 0.717) is 12.1 Å². The van der Waals surface area contributed by atoms with Gasteiger partial charge in [0, 0.05) is 17.6 Å².